The summed E-state index contributed by atoms with van der Waals surface area (Å²) in [5.74, 6) is 1.27. The van der Waals surface area contributed by atoms with Crippen molar-refractivity contribution >= 4 is 17.7 Å². The molecular formula is C16H21N5OS. The number of likely N-dealkylation sites (tertiary alicyclic amines) is 1. The minimum Gasteiger partial charge on any atom is -0.370 e. The van der Waals surface area contributed by atoms with Gasteiger partial charge in [0.05, 0.1) is 6.54 Å². The molecular weight excluding hydrogens is 310 g/mol. The molecule has 0 bridgehead atoms. The highest BCUT2D eigenvalue weighted by Crippen LogP contribution is 2.24. The van der Waals surface area contributed by atoms with Crippen LogP contribution in [0.3, 0.4) is 0 Å². The fourth-order valence-electron chi connectivity index (χ4n) is 2.72. The molecule has 2 heterocycles. The third-order valence-electron chi connectivity index (χ3n) is 3.86. The monoisotopic (exact) mass is 331 g/mol. The van der Waals surface area contributed by atoms with E-state index < -0.39 is 0 Å². The molecule has 1 aromatic carbocycles. The normalized spacial score (nSPS) is 15.1. The van der Waals surface area contributed by atoms with Gasteiger partial charge in [0.25, 0.3) is 0 Å². The van der Waals surface area contributed by atoms with Gasteiger partial charge >= 0.3 is 0 Å². The Morgan fingerprint density at radius 3 is 2.61 bits per heavy atom. The number of para-hydroxylation sites is 1. The lowest BCUT2D eigenvalue weighted by Crippen LogP contribution is -2.21. The molecule has 3 rings (SSSR count). The number of hydrogen-bond donors (Lipinski definition) is 1. The molecule has 2 N–H and O–H groups in total. The Morgan fingerprint density at radius 1 is 1.17 bits per heavy atom. The first-order valence-electron chi connectivity index (χ1n) is 7.87. The van der Waals surface area contributed by atoms with Crippen molar-refractivity contribution in [3.05, 3.63) is 36.2 Å². The number of hydrogen-bond acceptors (Lipinski definition) is 5. The van der Waals surface area contributed by atoms with Crippen LogP contribution in [0.25, 0.3) is 5.69 Å². The number of amides is 1. The first kappa shape index (κ1) is 16.0. The van der Waals surface area contributed by atoms with E-state index in [0.717, 1.165) is 36.3 Å². The van der Waals surface area contributed by atoms with Crippen molar-refractivity contribution in [1.29, 1.82) is 0 Å². The molecule has 1 aliphatic rings. The average Bonchev–Trinajstić information content (AvgIpc) is 3.18. The van der Waals surface area contributed by atoms with Crippen LogP contribution in [-0.4, -0.2) is 44.4 Å². The second kappa shape index (κ2) is 7.61. The molecule has 1 aliphatic heterocycles. The molecule has 0 atom stereocenters. The maximum absolute atomic E-state index is 10.9. The second-order valence-corrected chi connectivity index (χ2v) is 6.68. The third-order valence-corrected chi connectivity index (χ3v) is 4.79. The standard InChI is InChI=1S/C16H21N5OS/c17-14(22)8-11-23-16-19-18-15(12-20-9-4-5-10-20)21(16)13-6-2-1-3-7-13/h1-3,6-7H,4-5,8-12H2,(H2,17,22). The highest BCUT2D eigenvalue weighted by molar-refractivity contribution is 7.99. The zero-order valence-corrected chi connectivity index (χ0v) is 13.8. The van der Waals surface area contributed by atoms with E-state index in [1.54, 1.807) is 0 Å². The van der Waals surface area contributed by atoms with E-state index >= 15 is 0 Å². The summed E-state index contributed by atoms with van der Waals surface area (Å²) in [6.45, 7) is 3.04. The number of aromatic nitrogens is 3. The molecule has 0 aliphatic carbocycles. The second-order valence-electron chi connectivity index (χ2n) is 5.62. The Morgan fingerprint density at radius 2 is 1.91 bits per heavy atom. The predicted octanol–water partition coefficient (Wildman–Crippen LogP) is 1.83. The lowest BCUT2D eigenvalue weighted by atomic mass is 10.3. The fourth-order valence-corrected chi connectivity index (χ4v) is 3.64. The lowest BCUT2D eigenvalue weighted by molar-refractivity contribution is -0.117. The van der Waals surface area contributed by atoms with Crippen LogP contribution in [0.2, 0.25) is 0 Å². The maximum Gasteiger partial charge on any atom is 0.218 e. The van der Waals surface area contributed by atoms with Crippen molar-refractivity contribution in [2.75, 3.05) is 18.8 Å². The van der Waals surface area contributed by atoms with Gasteiger partial charge in [-0.1, -0.05) is 30.0 Å². The van der Waals surface area contributed by atoms with Crippen LogP contribution in [0, 0.1) is 0 Å². The molecule has 7 heteroatoms. The van der Waals surface area contributed by atoms with Crippen LogP contribution >= 0.6 is 11.8 Å². The summed E-state index contributed by atoms with van der Waals surface area (Å²) in [4.78, 5) is 13.3. The molecule has 1 saturated heterocycles. The number of thioether (sulfide) groups is 1. The first-order chi connectivity index (χ1) is 11.2. The molecule has 1 amide bonds. The van der Waals surface area contributed by atoms with Crippen molar-refractivity contribution in [2.45, 2.75) is 31.0 Å². The van der Waals surface area contributed by atoms with Gasteiger partial charge in [0.2, 0.25) is 5.91 Å². The zero-order chi connectivity index (χ0) is 16.1. The Bertz CT molecular complexity index is 652. The zero-order valence-electron chi connectivity index (χ0n) is 13.0. The topological polar surface area (TPSA) is 77.0 Å². The quantitative estimate of drug-likeness (QED) is 0.783. The van der Waals surface area contributed by atoms with Crippen LogP contribution in [-0.2, 0) is 11.3 Å². The van der Waals surface area contributed by atoms with Gasteiger partial charge < -0.3 is 5.73 Å². The van der Waals surface area contributed by atoms with Crippen molar-refractivity contribution in [3.8, 4) is 5.69 Å². The van der Waals surface area contributed by atoms with E-state index in [2.05, 4.69) is 31.8 Å². The average molecular weight is 331 g/mol. The molecule has 1 aromatic heterocycles. The van der Waals surface area contributed by atoms with E-state index in [4.69, 9.17) is 5.73 Å². The van der Waals surface area contributed by atoms with Crippen molar-refractivity contribution in [3.63, 3.8) is 0 Å². The summed E-state index contributed by atoms with van der Waals surface area (Å²) in [6, 6.07) is 10.1. The Hall–Kier alpha value is -1.86. The van der Waals surface area contributed by atoms with Gasteiger partial charge in [0.1, 0.15) is 0 Å². The third kappa shape index (κ3) is 4.11. The summed E-state index contributed by atoms with van der Waals surface area (Å²) < 4.78 is 2.09. The Kier molecular flexibility index (Phi) is 5.30. The van der Waals surface area contributed by atoms with Crippen LogP contribution in [0.15, 0.2) is 35.5 Å². The van der Waals surface area contributed by atoms with Crippen LogP contribution < -0.4 is 5.73 Å². The lowest BCUT2D eigenvalue weighted by Gasteiger charge is -2.15. The fraction of sp³-hybridized carbons (Fsp3) is 0.438. The molecule has 0 saturated carbocycles. The van der Waals surface area contributed by atoms with Crippen molar-refractivity contribution in [2.24, 2.45) is 5.73 Å². The SMILES string of the molecule is NC(=O)CCSc1nnc(CN2CCCC2)n1-c1ccccc1. The van der Waals surface area contributed by atoms with Crippen LogP contribution in [0.5, 0.6) is 0 Å². The summed E-state index contributed by atoms with van der Waals surface area (Å²) in [7, 11) is 0. The van der Waals surface area contributed by atoms with E-state index in [1.807, 2.05) is 18.2 Å². The van der Waals surface area contributed by atoms with E-state index in [0.29, 0.717) is 12.2 Å². The largest absolute Gasteiger partial charge is 0.370 e. The van der Waals surface area contributed by atoms with Gasteiger partial charge in [-0.05, 0) is 38.1 Å². The van der Waals surface area contributed by atoms with E-state index in [-0.39, 0.29) is 5.91 Å². The highest BCUT2D eigenvalue weighted by Gasteiger charge is 2.19. The number of benzene rings is 1. The molecule has 0 spiro atoms. The Balaban J connectivity index is 1.83. The van der Waals surface area contributed by atoms with Crippen LogP contribution in [0.1, 0.15) is 25.1 Å². The molecule has 0 unspecified atom stereocenters. The molecule has 23 heavy (non-hydrogen) atoms. The molecule has 0 radical (unpaired) electrons. The van der Waals surface area contributed by atoms with E-state index in [9.17, 15) is 4.79 Å². The first-order valence-corrected chi connectivity index (χ1v) is 8.86. The number of rotatable bonds is 7. The van der Waals surface area contributed by atoms with Crippen LogP contribution in [0.4, 0.5) is 0 Å². The van der Waals surface area contributed by atoms with Crippen molar-refractivity contribution in [1.82, 2.24) is 19.7 Å². The van der Waals surface area contributed by atoms with Gasteiger partial charge in [-0.2, -0.15) is 0 Å². The molecule has 6 nitrogen and oxygen atoms in total. The molecule has 1 fully saturated rings. The van der Waals surface area contributed by atoms with Gasteiger partial charge in [0, 0.05) is 17.9 Å². The summed E-state index contributed by atoms with van der Waals surface area (Å²) in [5, 5.41) is 9.53. The number of carbonyl (C=O) groups is 1. The minimum atomic E-state index is -0.291. The number of primary amides is 1. The smallest absolute Gasteiger partial charge is 0.218 e. The number of carbonyl (C=O) groups excluding carboxylic acids is 1. The van der Waals surface area contributed by atoms with Gasteiger partial charge in [-0.25, -0.2) is 0 Å². The summed E-state index contributed by atoms with van der Waals surface area (Å²) in [5.41, 5.74) is 6.27. The molecule has 2 aromatic rings. The van der Waals surface area contributed by atoms with E-state index in [1.165, 1.54) is 24.6 Å². The van der Waals surface area contributed by atoms with Crippen molar-refractivity contribution < 1.29 is 4.79 Å². The highest BCUT2D eigenvalue weighted by atomic mass is 32.2. The van der Waals surface area contributed by atoms with Gasteiger partial charge in [0.15, 0.2) is 11.0 Å². The van der Waals surface area contributed by atoms with Gasteiger partial charge in [-0.3, -0.25) is 14.3 Å². The number of nitrogens with zero attached hydrogens (tertiary/aromatic N) is 4. The predicted molar refractivity (Wildman–Crippen MR) is 90.4 cm³/mol. The summed E-state index contributed by atoms with van der Waals surface area (Å²) >= 11 is 1.52. The summed E-state index contributed by atoms with van der Waals surface area (Å²) in [6.07, 6.45) is 2.84. The Labute approximate surface area is 140 Å². The van der Waals surface area contributed by atoms with Gasteiger partial charge in [-0.15, -0.1) is 10.2 Å². The maximum atomic E-state index is 10.9. The number of nitrogens with two attached hydrogens (primary N) is 1. The molecule has 122 valence electrons. The minimum absolute atomic E-state index is 0.291.